The fourth-order valence-electron chi connectivity index (χ4n) is 2.70. The van der Waals surface area contributed by atoms with Crippen molar-refractivity contribution in [3.8, 4) is 0 Å². The van der Waals surface area contributed by atoms with Crippen molar-refractivity contribution in [3.05, 3.63) is 57.7 Å². The Morgan fingerprint density at radius 2 is 1.84 bits per heavy atom. The average Bonchev–Trinajstić information content (AvgIpc) is 2.37. The third-order valence-electron chi connectivity index (χ3n) is 3.78. The van der Waals surface area contributed by atoms with Gasteiger partial charge in [0.1, 0.15) is 0 Å². The summed E-state index contributed by atoms with van der Waals surface area (Å²) < 4.78 is 0. The number of rotatable bonds is 4. The lowest BCUT2D eigenvalue weighted by molar-refractivity contribution is -0.512. The summed E-state index contributed by atoms with van der Waals surface area (Å²) in [7, 11) is 0. The van der Waals surface area contributed by atoms with E-state index >= 15 is 0 Å². The van der Waals surface area contributed by atoms with Gasteiger partial charge in [-0.2, -0.15) is 0 Å². The van der Waals surface area contributed by atoms with Crippen LogP contribution in [0.15, 0.2) is 42.0 Å². The molecule has 1 aromatic rings. The Kier molecular flexibility index (Phi) is 5.13. The van der Waals surface area contributed by atoms with Gasteiger partial charge in [-0.15, -0.1) is 0 Å². The Morgan fingerprint density at radius 1 is 1.11 bits per heavy atom. The standard InChI is InChI=1S/C16H21NO2/c18-17(19)16(13-14-9-5-4-6-10-14)15-11-7-2-1-3-8-12-15/h4-6,9-11,16H,1-3,7-8,12-13H2/b15-11+. The Labute approximate surface area is 114 Å². The van der Waals surface area contributed by atoms with Crippen LogP contribution in [0.2, 0.25) is 0 Å². The number of nitro groups is 1. The molecule has 0 aliphatic heterocycles. The quantitative estimate of drug-likeness (QED) is 0.463. The van der Waals surface area contributed by atoms with Gasteiger partial charge in [-0.05, 0) is 36.8 Å². The maximum atomic E-state index is 11.4. The van der Waals surface area contributed by atoms with E-state index in [2.05, 4.69) is 6.08 Å². The van der Waals surface area contributed by atoms with E-state index in [-0.39, 0.29) is 4.92 Å². The molecule has 3 nitrogen and oxygen atoms in total. The number of allylic oxidation sites excluding steroid dienone is 1. The SMILES string of the molecule is O=[N+]([O-])C(Cc1ccccc1)/C1=C/CCCCCC1. The lowest BCUT2D eigenvalue weighted by atomic mass is 9.92. The maximum Gasteiger partial charge on any atom is 0.238 e. The van der Waals surface area contributed by atoms with Crippen LogP contribution in [0, 0.1) is 10.1 Å². The highest BCUT2D eigenvalue weighted by Gasteiger charge is 2.25. The molecular weight excluding hydrogens is 238 g/mol. The largest absolute Gasteiger partial charge is 0.264 e. The highest BCUT2D eigenvalue weighted by Crippen LogP contribution is 2.23. The molecule has 0 radical (unpaired) electrons. The van der Waals surface area contributed by atoms with Crippen LogP contribution in [0.4, 0.5) is 0 Å². The van der Waals surface area contributed by atoms with E-state index in [9.17, 15) is 10.1 Å². The molecule has 19 heavy (non-hydrogen) atoms. The molecule has 0 aromatic heterocycles. The van der Waals surface area contributed by atoms with Crippen LogP contribution in [-0.4, -0.2) is 11.0 Å². The number of benzene rings is 1. The normalized spacial score (nSPS) is 20.7. The average molecular weight is 259 g/mol. The van der Waals surface area contributed by atoms with E-state index in [1.54, 1.807) is 0 Å². The van der Waals surface area contributed by atoms with Crippen molar-refractivity contribution in [1.82, 2.24) is 0 Å². The van der Waals surface area contributed by atoms with E-state index in [0.717, 1.165) is 30.4 Å². The van der Waals surface area contributed by atoms with Crippen molar-refractivity contribution < 1.29 is 4.92 Å². The van der Waals surface area contributed by atoms with Crippen LogP contribution >= 0.6 is 0 Å². The summed E-state index contributed by atoms with van der Waals surface area (Å²) in [5, 5.41) is 11.4. The first kappa shape index (κ1) is 13.8. The third-order valence-corrected chi connectivity index (χ3v) is 3.78. The predicted molar refractivity (Wildman–Crippen MR) is 76.7 cm³/mol. The van der Waals surface area contributed by atoms with Crippen molar-refractivity contribution in [2.24, 2.45) is 0 Å². The van der Waals surface area contributed by atoms with Crippen LogP contribution in [0.3, 0.4) is 0 Å². The van der Waals surface area contributed by atoms with Gasteiger partial charge in [-0.1, -0.05) is 49.2 Å². The fraction of sp³-hybridized carbons (Fsp3) is 0.500. The molecular formula is C16H21NO2. The topological polar surface area (TPSA) is 43.1 Å². The summed E-state index contributed by atoms with van der Waals surface area (Å²) in [5.74, 6) is 0. The molecule has 1 unspecified atom stereocenters. The first-order valence-electron chi connectivity index (χ1n) is 7.13. The lowest BCUT2D eigenvalue weighted by Crippen LogP contribution is -2.25. The number of hydrogen-bond acceptors (Lipinski definition) is 2. The minimum absolute atomic E-state index is 0.111. The molecule has 102 valence electrons. The summed E-state index contributed by atoms with van der Waals surface area (Å²) in [6, 6.07) is 9.23. The molecule has 1 aromatic carbocycles. The molecule has 0 amide bonds. The van der Waals surface area contributed by atoms with Crippen molar-refractivity contribution in [1.29, 1.82) is 0 Å². The third kappa shape index (κ3) is 4.19. The Hall–Kier alpha value is -1.64. The summed E-state index contributed by atoms with van der Waals surface area (Å²) in [4.78, 5) is 11.3. The van der Waals surface area contributed by atoms with E-state index in [1.807, 2.05) is 30.3 Å². The van der Waals surface area contributed by atoms with Crippen LogP contribution in [0.1, 0.15) is 44.1 Å². The van der Waals surface area contributed by atoms with Gasteiger partial charge in [-0.3, -0.25) is 10.1 Å². The molecule has 0 N–H and O–H groups in total. The second-order valence-corrected chi connectivity index (χ2v) is 5.22. The lowest BCUT2D eigenvalue weighted by Gasteiger charge is -2.16. The Bertz CT molecular complexity index is 439. The first-order chi connectivity index (χ1) is 9.27. The van der Waals surface area contributed by atoms with Gasteiger partial charge in [0.2, 0.25) is 6.04 Å². The van der Waals surface area contributed by atoms with Crippen LogP contribution < -0.4 is 0 Å². The van der Waals surface area contributed by atoms with Gasteiger partial charge in [0, 0.05) is 11.3 Å². The molecule has 0 bridgehead atoms. The zero-order valence-electron chi connectivity index (χ0n) is 11.3. The molecule has 0 heterocycles. The summed E-state index contributed by atoms with van der Waals surface area (Å²) in [5.41, 5.74) is 2.08. The van der Waals surface area contributed by atoms with E-state index in [0.29, 0.717) is 6.42 Å². The zero-order chi connectivity index (χ0) is 13.5. The fourth-order valence-corrected chi connectivity index (χ4v) is 2.70. The molecule has 1 atom stereocenters. The molecule has 0 fully saturated rings. The molecule has 0 saturated heterocycles. The van der Waals surface area contributed by atoms with Crippen LogP contribution in [0.25, 0.3) is 0 Å². The second-order valence-electron chi connectivity index (χ2n) is 5.22. The summed E-state index contributed by atoms with van der Waals surface area (Å²) in [6.07, 6.45) is 9.23. The van der Waals surface area contributed by atoms with Gasteiger partial charge < -0.3 is 0 Å². The van der Waals surface area contributed by atoms with Gasteiger partial charge in [0.25, 0.3) is 0 Å². The minimum atomic E-state index is -0.541. The number of hydrogen-bond donors (Lipinski definition) is 0. The van der Waals surface area contributed by atoms with Crippen LogP contribution in [0.5, 0.6) is 0 Å². The molecule has 1 aliphatic rings. The summed E-state index contributed by atoms with van der Waals surface area (Å²) >= 11 is 0. The van der Waals surface area contributed by atoms with E-state index in [4.69, 9.17) is 0 Å². The van der Waals surface area contributed by atoms with E-state index < -0.39 is 6.04 Å². The van der Waals surface area contributed by atoms with Crippen molar-refractivity contribution >= 4 is 0 Å². The predicted octanol–water partition coefficient (Wildman–Crippen LogP) is 4.16. The molecule has 0 spiro atoms. The minimum Gasteiger partial charge on any atom is -0.264 e. The van der Waals surface area contributed by atoms with Crippen molar-refractivity contribution in [2.45, 2.75) is 51.0 Å². The summed E-state index contributed by atoms with van der Waals surface area (Å²) in [6.45, 7) is 0. The Morgan fingerprint density at radius 3 is 2.58 bits per heavy atom. The number of nitrogens with zero attached hydrogens (tertiary/aromatic N) is 1. The second kappa shape index (κ2) is 7.07. The van der Waals surface area contributed by atoms with Crippen molar-refractivity contribution in [2.75, 3.05) is 0 Å². The van der Waals surface area contributed by atoms with Crippen molar-refractivity contribution in [3.63, 3.8) is 0 Å². The zero-order valence-corrected chi connectivity index (χ0v) is 11.3. The monoisotopic (exact) mass is 259 g/mol. The smallest absolute Gasteiger partial charge is 0.238 e. The van der Waals surface area contributed by atoms with Crippen LogP contribution in [-0.2, 0) is 6.42 Å². The molecule has 3 heteroatoms. The maximum absolute atomic E-state index is 11.4. The Balaban J connectivity index is 2.12. The molecule has 2 rings (SSSR count). The van der Waals surface area contributed by atoms with Gasteiger partial charge in [-0.25, -0.2) is 0 Å². The highest BCUT2D eigenvalue weighted by atomic mass is 16.6. The first-order valence-corrected chi connectivity index (χ1v) is 7.13. The van der Waals surface area contributed by atoms with E-state index in [1.165, 1.54) is 19.3 Å². The molecule has 1 aliphatic carbocycles. The van der Waals surface area contributed by atoms with Gasteiger partial charge >= 0.3 is 0 Å². The van der Waals surface area contributed by atoms with Gasteiger partial charge in [0.05, 0.1) is 0 Å². The van der Waals surface area contributed by atoms with Gasteiger partial charge in [0.15, 0.2) is 0 Å². The molecule has 0 saturated carbocycles. The highest BCUT2D eigenvalue weighted by molar-refractivity contribution is 5.20.